The quantitative estimate of drug-likeness (QED) is 0.702. The third kappa shape index (κ3) is 3.53. The average Bonchev–Trinajstić information content (AvgIpc) is 2.55. The minimum atomic E-state index is -1.16. The first-order chi connectivity index (χ1) is 11.3. The number of carboxylic acids is 1. The number of nitrogens with zero attached hydrogens (tertiary/aromatic N) is 1. The molecule has 0 unspecified atom stereocenters. The summed E-state index contributed by atoms with van der Waals surface area (Å²) in [6.07, 6.45) is 0.563. The molecule has 1 amide bonds. The van der Waals surface area contributed by atoms with Gasteiger partial charge in [0.2, 0.25) is 5.91 Å². The molecule has 2 atom stereocenters. The molecule has 8 heteroatoms. The summed E-state index contributed by atoms with van der Waals surface area (Å²) in [6.45, 7) is 2.97. The van der Waals surface area contributed by atoms with Crippen molar-refractivity contribution in [1.29, 1.82) is 0 Å². The zero-order valence-corrected chi connectivity index (χ0v) is 13.4. The van der Waals surface area contributed by atoms with Crippen LogP contribution in [0.25, 0.3) is 10.9 Å². The number of H-pyrrole nitrogens is 1. The fraction of sp³-hybridized carbons (Fsp3) is 0.375. The summed E-state index contributed by atoms with van der Waals surface area (Å²) >= 11 is 0. The van der Waals surface area contributed by atoms with E-state index in [0.717, 1.165) is 4.57 Å². The lowest BCUT2D eigenvalue weighted by Crippen LogP contribution is -2.48. The van der Waals surface area contributed by atoms with Gasteiger partial charge in [-0.1, -0.05) is 32.4 Å². The number of carbonyl (C=O) groups is 2. The van der Waals surface area contributed by atoms with Crippen molar-refractivity contribution >= 4 is 22.8 Å². The van der Waals surface area contributed by atoms with Crippen LogP contribution < -0.4 is 16.6 Å². The number of nitrogens with one attached hydrogen (secondary N) is 2. The van der Waals surface area contributed by atoms with Crippen LogP contribution in [-0.2, 0) is 16.1 Å². The predicted molar refractivity (Wildman–Crippen MR) is 87.9 cm³/mol. The van der Waals surface area contributed by atoms with Gasteiger partial charge in [0.1, 0.15) is 12.6 Å². The van der Waals surface area contributed by atoms with Crippen LogP contribution in [0.4, 0.5) is 0 Å². The summed E-state index contributed by atoms with van der Waals surface area (Å²) in [4.78, 5) is 50.2. The predicted octanol–water partition coefficient (Wildman–Crippen LogP) is 0.305. The molecule has 2 rings (SSSR count). The molecule has 1 aromatic carbocycles. The molecule has 8 nitrogen and oxygen atoms in total. The molecule has 0 radical (unpaired) electrons. The number of aromatic amines is 1. The number of carbonyl (C=O) groups excluding carboxylic acids is 1. The summed E-state index contributed by atoms with van der Waals surface area (Å²) in [5, 5.41) is 11.8. The van der Waals surface area contributed by atoms with Crippen molar-refractivity contribution in [3.05, 3.63) is 45.1 Å². The molecule has 24 heavy (non-hydrogen) atoms. The summed E-state index contributed by atoms with van der Waals surface area (Å²) in [5.41, 5.74) is -0.934. The molecule has 2 aromatic rings. The number of fused-ring (bicyclic) bond motifs is 1. The van der Waals surface area contributed by atoms with Gasteiger partial charge in [-0.3, -0.25) is 14.2 Å². The lowest BCUT2D eigenvalue weighted by Gasteiger charge is -2.20. The van der Waals surface area contributed by atoms with Crippen LogP contribution in [0, 0.1) is 5.92 Å². The van der Waals surface area contributed by atoms with Crippen molar-refractivity contribution in [2.75, 3.05) is 0 Å². The van der Waals surface area contributed by atoms with Gasteiger partial charge in [0.05, 0.1) is 10.9 Å². The van der Waals surface area contributed by atoms with Gasteiger partial charge < -0.3 is 15.4 Å². The minimum absolute atomic E-state index is 0.279. The van der Waals surface area contributed by atoms with Gasteiger partial charge in [0.15, 0.2) is 0 Å². The Kier molecular flexibility index (Phi) is 5.18. The number of carboxylic acid groups (broad SMARTS) is 1. The zero-order valence-electron chi connectivity index (χ0n) is 13.4. The first-order valence-electron chi connectivity index (χ1n) is 7.59. The summed E-state index contributed by atoms with van der Waals surface area (Å²) in [6, 6.07) is 5.39. The molecule has 0 spiro atoms. The van der Waals surface area contributed by atoms with Crippen LogP contribution in [0.5, 0.6) is 0 Å². The van der Waals surface area contributed by atoms with Crippen LogP contribution in [0.15, 0.2) is 33.9 Å². The highest BCUT2D eigenvalue weighted by atomic mass is 16.4. The Morgan fingerprint density at radius 2 is 1.96 bits per heavy atom. The topological polar surface area (TPSA) is 121 Å². The summed E-state index contributed by atoms with van der Waals surface area (Å²) in [5.74, 6) is -2.14. The second-order valence-electron chi connectivity index (χ2n) is 5.64. The van der Waals surface area contributed by atoms with E-state index in [1.54, 1.807) is 31.2 Å². The van der Waals surface area contributed by atoms with Crippen LogP contribution in [-0.4, -0.2) is 32.6 Å². The molecule has 0 aliphatic heterocycles. The smallest absolute Gasteiger partial charge is 0.329 e. The van der Waals surface area contributed by atoms with Gasteiger partial charge in [0.25, 0.3) is 5.56 Å². The van der Waals surface area contributed by atoms with E-state index in [2.05, 4.69) is 10.3 Å². The van der Waals surface area contributed by atoms with Crippen molar-refractivity contribution in [3.63, 3.8) is 0 Å². The first-order valence-corrected chi connectivity index (χ1v) is 7.59. The lowest BCUT2D eigenvalue weighted by atomic mass is 9.99. The third-order valence-corrected chi connectivity index (χ3v) is 3.99. The minimum Gasteiger partial charge on any atom is -0.480 e. The molecule has 128 valence electrons. The Hall–Kier alpha value is -2.90. The molecule has 3 N–H and O–H groups in total. The zero-order chi connectivity index (χ0) is 17.9. The normalized spacial score (nSPS) is 13.4. The maximum atomic E-state index is 12.3. The number of hydrogen-bond acceptors (Lipinski definition) is 4. The van der Waals surface area contributed by atoms with E-state index in [1.807, 2.05) is 6.92 Å². The van der Waals surface area contributed by atoms with E-state index in [9.17, 15) is 24.3 Å². The molecule has 1 aromatic heterocycles. The Balaban J connectivity index is 2.29. The number of aromatic nitrogens is 2. The third-order valence-electron chi connectivity index (χ3n) is 3.99. The SMILES string of the molecule is CC[C@@H](C)[C@H](NC(=O)Cn1c(=O)[nH]c2ccccc2c1=O)C(=O)O. The number of para-hydroxylation sites is 1. The second-order valence-corrected chi connectivity index (χ2v) is 5.64. The van der Waals surface area contributed by atoms with Crippen LogP contribution in [0.3, 0.4) is 0 Å². The Morgan fingerprint density at radius 3 is 2.58 bits per heavy atom. The molecule has 0 fully saturated rings. The standard InChI is InChI=1S/C16H19N3O5/c1-3-9(2)13(15(22)23)18-12(20)8-19-14(21)10-6-4-5-7-11(10)17-16(19)24/h4-7,9,13H,3,8H2,1-2H3,(H,17,24)(H,18,20)(H,22,23)/t9-,13+/m1/s1. The number of aliphatic carboxylic acids is 1. The number of amides is 1. The Morgan fingerprint density at radius 1 is 1.29 bits per heavy atom. The molecule has 1 heterocycles. The van der Waals surface area contributed by atoms with Crippen molar-refractivity contribution in [2.45, 2.75) is 32.9 Å². The molecular weight excluding hydrogens is 314 g/mol. The van der Waals surface area contributed by atoms with E-state index in [0.29, 0.717) is 11.9 Å². The van der Waals surface area contributed by atoms with Gasteiger partial charge >= 0.3 is 11.7 Å². The maximum absolute atomic E-state index is 12.3. The van der Waals surface area contributed by atoms with E-state index >= 15 is 0 Å². The van der Waals surface area contributed by atoms with Gasteiger partial charge in [-0.2, -0.15) is 0 Å². The van der Waals surface area contributed by atoms with Gasteiger partial charge in [-0.15, -0.1) is 0 Å². The Labute approximate surface area is 137 Å². The fourth-order valence-corrected chi connectivity index (χ4v) is 2.39. The highest BCUT2D eigenvalue weighted by Gasteiger charge is 2.25. The van der Waals surface area contributed by atoms with Crippen LogP contribution in [0.1, 0.15) is 20.3 Å². The number of rotatable bonds is 6. The number of benzene rings is 1. The number of hydrogen-bond donors (Lipinski definition) is 3. The van der Waals surface area contributed by atoms with E-state index in [4.69, 9.17) is 0 Å². The highest BCUT2D eigenvalue weighted by Crippen LogP contribution is 2.08. The first kappa shape index (κ1) is 17.5. The molecular formula is C16H19N3O5. The van der Waals surface area contributed by atoms with Gasteiger partial charge in [0, 0.05) is 0 Å². The van der Waals surface area contributed by atoms with Crippen molar-refractivity contribution in [3.8, 4) is 0 Å². The monoisotopic (exact) mass is 333 g/mol. The second kappa shape index (κ2) is 7.12. The lowest BCUT2D eigenvalue weighted by molar-refractivity contribution is -0.143. The molecule has 0 aliphatic rings. The highest BCUT2D eigenvalue weighted by molar-refractivity contribution is 5.84. The van der Waals surface area contributed by atoms with E-state index < -0.39 is 35.7 Å². The molecule has 0 aliphatic carbocycles. The molecule has 0 bridgehead atoms. The summed E-state index contributed by atoms with van der Waals surface area (Å²) < 4.78 is 0.757. The van der Waals surface area contributed by atoms with Crippen LogP contribution >= 0.6 is 0 Å². The van der Waals surface area contributed by atoms with E-state index in [1.165, 1.54) is 0 Å². The van der Waals surface area contributed by atoms with Crippen molar-refractivity contribution in [2.24, 2.45) is 5.92 Å². The largest absolute Gasteiger partial charge is 0.480 e. The Bertz CT molecular complexity index is 883. The maximum Gasteiger partial charge on any atom is 0.329 e. The molecule has 0 saturated heterocycles. The van der Waals surface area contributed by atoms with Crippen molar-refractivity contribution in [1.82, 2.24) is 14.9 Å². The molecule has 0 saturated carbocycles. The van der Waals surface area contributed by atoms with Gasteiger partial charge in [-0.25, -0.2) is 9.59 Å². The summed E-state index contributed by atoms with van der Waals surface area (Å²) in [7, 11) is 0. The average molecular weight is 333 g/mol. The van der Waals surface area contributed by atoms with Crippen molar-refractivity contribution < 1.29 is 14.7 Å². The van der Waals surface area contributed by atoms with Gasteiger partial charge in [-0.05, 0) is 18.1 Å². The van der Waals surface area contributed by atoms with Crippen LogP contribution in [0.2, 0.25) is 0 Å². The fourth-order valence-electron chi connectivity index (χ4n) is 2.39. The van der Waals surface area contributed by atoms with E-state index in [-0.39, 0.29) is 11.3 Å².